The van der Waals surface area contributed by atoms with E-state index in [1.54, 1.807) is 35.3 Å². The van der Waals surface area contributed by atoms with E-state index in [4.69, 9.17) is 0 Å². The Balaban J connectivity index is 1.29. The Morgan fingerprint density at radius 1 is 1.22 bits per heavy atom. The summed E-state index contributed by atoms with van der Waals surface area (Å²) in [5.41, 5.74) is 7.49. The third-order valence-corrected chi connectivity index (χ3v) is 9.86. The maximum atomic E-state index is 12.2. The summed E-state index contributed by atoms with van der Waals surface area (Å²) in [6.07, 6.45) is 5.30. The van der Waals surface area contributed by atoms with Crippen LogP contribution in [0.3, 0.4) is 0 Å². The Morgan fingerprint density at radius 3 is 2.88 bits per heavy atom. The van der Waals surface area contributed by atoms with Crippen LogP contribution in [-0.2, 0) is 31.4 Å². The summed E-state index contributed by atoms with van der Waals surface area (Å²) in [6, 6.07) is 10.1. The molecule has 1 fully saturated rings. The van der Waals surface area contributed by atoms with Gasteiger partial charge in [-0.3, -0.25) is 14.5 Å². The topological polar surface area (TPSA) is 117 Å². The molecule has 10 heteroatoms. The average molecular weight is 569 g/mol. The molecule has 210 valence electrons. The summed E-state index contributed by atoms with van der Waals surface area (Å²) < 4.78 is 2.85. The molecule has 2 N–H and O–H groups in total. The molecular weight excluding hydrogens is 536 g/mol. The highest BCUT2D eigenvalue weighted by Gasteiger charge is 2.35. The second kappa shape index (κ2) is 10.2. The Labute approximate surface area is 240 Å². The van der Waals surface area contributed by atoms with Gasteiger partial charge in [0.25, 0.3) is 0 Å². The van der Waals surface area contributed by atoms with Crippen LogP contribution in [0.2, 0.25) is 0 Å². The van der Waals surface area contributed by atoms with E-state index in [1.165, 1.54) is 28.7 Å². The number of rotatable bonds is 7. The lowest BCUT2D eigenvalue weighted by Gasteiger charge is -2.26. The van der Waals surface area contributed by atoms with Crippen molar-refractivity contribution in [3.63, 3.8) is 0 Å². The van der Waals surface area contributed by atoms with Crippen LogP contribution in [-0.4, -0.2) is 47.5 Å². The van der Waals surface area contributed by atoms with Gasteiger partial charge in [0.1, 0.15) is 5.52 Å². The van der Waals surface area contributed by atoms with Crippen molar-refractivity contribution in [3.8, 4) is 0 Å². The monoisotopic (exact) mass is 568 g/mol. The number of aromatic amines is 1. The molecule has 7 rings (SSSR count). The van der Waals surface area contributed by atoms with Gasteiger partial charge in [0.05, 0.1) is 6.42 Å². The van der Waals surface area contributed by atoms with Crippen LogP contribution in [0.15, 0.2) is 46.7 Å². The first kappa shape index (κ1) is 26.0. The van der Waals surface area contributed by atoms with Gasteiger partial charge in [-0.2, -0.15) is 0 Å². The van der Waals surface area contributed by atoms with Crippen LogP contribution in [0.5, 0.6) is 0 Å². The number of carboxylic acid groups (broad SMARTS) is 1. The molecule has 0 amide bonds. The fraction of sp³-hybridized carbons (Fsp3) is 0.387. The zero-order valence-corrected chi connectivity index (χ0v) is 23.9. The molecule has 0 bridgehead atoms. The van der Waals surface area contributed by atoms with E-state index in [9.17, 15) is 14.7 Å². The highest BCUT2D eigenvalue weighted by molar-refractivity contribution is 7.17. The van der Waals surface area contributed by atoms with Crippen LogP contribution >= 0.6 is 11.3 Å². The molecule has 0 spiro atoms. The van der Waals surface area contributed by atoms with E-state index in [2.05, 4.69) is 48.8 Å². The lowest BCUT2D eigenvalue weighted by Crippen LogP contribution is -2.29. The van der Waals surface area contributed by atoms with Crippen LogP contribution in [0, 0.1) is 18.8 Å². The fourth-order valence-electron chi connectivity index (χ4n) is 6.63. The number of thiophene rings is 1. The number of nitrogens with zero attached hydrogens (tertiary/aromatic N) is 5. The molecule has 5 aromatic rings. The van der Waals surface area contributed by atoms with Gasteiger partial charge >= 0.3 is 5.97 Å². The Bertz CT molecular complexity index is 1850. The lowest BCUT2D eigenvalue weighted by molar-refractivity contribution is -0.137. The molecule has 1 aliphatic carbocycles. The number of fused-ring (bicyclic) bond motifs is 3. The van der Waals surface area contributed by atoms with Gasteiger partial charge in [-0.25, -0.2) is 9.67 Å². The number of nitrogens with one attached hydrogen (secondary N) is 1. The van der Waals surface area contributed by atoms with Gasteiger partial charge in [0.15, 0.2) is 5.65 Å². The molecule has 0 saturated heterocycles. The van der Waals surface area contributed by atoms with E-state index >= 15 is 0 Å². The molecule has 0 radical (unpaired) electrons. The molecule has 1 aliphatic heterocycles. The average Bonchev–Trinajstić information content (AvgIpc) is 3.60. The Morgan fingerprint density at radius 2 is 2.07 bits per heavy atom. The van der Waals surface area contributed by atoms with Gasteiger partial charge < -0.3 is 10.1 Å². The van der Waals surface area contributed by atoms with Gasteiger partial charge in [0.2, 0.25) is 5.56 Å². The summed E-state index contributed by atoms with van der Waals surface area (Å²) in [5, 5.41) is 21.6. The van der Waals surface area contributed by atoms with Crippen molar-refractivity contribution < 1.29 is 9.90 Å². The molecule has 4 aromatic heterocycles. The highest BCUT2D eigenvalue weighted by atomic mass is 32.1. The second-order valence-corrected chi connectivity index (χ2v) is 12.6. The summed E-state index contributed by atoms with van der Waals surface area (Å²) in [7, 11) is 1.80. The number of pyridine rings is 2. The second-order valence-electron chi connectivity index (χ2n) is 11.7. The van der Waals surface area contributed by atoms with Crippen molar-refractivity contribution in [2.45, 2.75) is 51.6 Å². The number of benzene rings is 1. The number of H-pyrrole nitrogens is 1. The third-order valence-electron chi connectivity index (χ3n) is 8.86. The highest BCUT2D eigenvalue weighted by Crippen LogP contribution is 2.41. The van der Waals surface area contributed by atoms with Crippen LogP contribution < -0.4 is 5.56 Å². The number of hydrogen-bond acceptors (Lipinski definition) is 7. The summed E-state index contributed by atoms with van der Waals surface area (Å²) in [4.78, 5) is 34.5. The Hall–Kier alpha value is -3.89. The molecule has 2 aliphatic rings. The number of carboxylic acids is 1. The SMILES string of the molecule is Cc1c([C@H](CC(=O)O)c2cc(CN3Cc4[nH]c(=O)ccc4C[C@@H](C4CC4)C3)c3sccc3c2)cnc2c1nnn2C. The fourth-order valence-corrected chi connectivity index (χ4v) is 7.52. The van der Waals surface area contributed by atoms with Gasteiger partial charge in [-0.05, 0) is 88.7 Å². The Kier molecular flexibility index (Phi) is 6.47. The van der Waals surface area contributed by atoms with E-state index in [0.717, 1.165) is 53.2 Å². The van der Waals surface area contributed by atoms with E-state index in [0.29, 0.717) is 23.6 Å². The van der Waals surface area contributed by atoms with Crippen molar-refractivity contribution in [1.29, 1.82) is 0 Å². The molecule has 2 atom stereocenters. The smallest absolute Gasteiger partial charge is 0.304 e. The maximum Gasteiger partial charge on any atom is 0.304 e. The summed E-state index contributed by atoms with van der Waals surface area (Å²) >= 11 is 1.72. The third kappa shape index (κ3) is 4.95. The first-order valence-corrected chi connectivity index (χ1v) is 15.0. The molecule has 9 nitrogen and oxygen atoms in total. The van der Waals surface area contributed by atoms with Crippen molar-refractivity contribution in [1.82, 2.24) is 29.9 Å². The van der Waals surface area contributed by atoms with Crippen LogP contribution in [0.4, 0.5) is 0 Å². The van der Waals surface area contributed by atoms with E-state index in [1.807, 2.05) is 13.0 Å². The maximum absolute atomic E-state index is 12.2. The van der Waals surface area contributed by atoms with Gasteiger partial charge in [-0.15, -0.1) is 16.4 Å². The largest absolute Gasteiger partial charge is 0.481 e. The standard InChI is InChI=1S/C31H32N6O3S/c1-17-25(13-32-31-29(17)34-35-36(31)2)24(12-28(39)40)21-10-20-7-8-41-30(20)23(11-21)15-37-14-22(18-3-4-18)9-19-5-6-27(38)33-26(19)16-37/h5-8,10-11,13,18,22,24H,3-4,9,12,14-16H2,1-2H3,(H,33,38)(H,39,40)/t22-,24-/m1/s1. The zero-order chi connectivity index (χ0) is 28.2. The first-order chi connectivity index (χ1) is 19.8. The molecule has 41 heavy (non-hydrogen) atoms. The predicted octanol–water partition coefficient (Wildman–Crippen LogP) is 4.77. The predicted molar refractivity (Wildman–Crippen MR) is 158 cm³/mol. The van der Waals surface area contributed by atoms with Crippen molar-refractivity contribution in [3.05, 3.63) is 85.8 Å². The quantitative estimate of drug-likeness (QED) is 0.291. The van der Waals surface area contributed by atoms with Gasteiger partial charge in [-0.1, -0.05) is 17.3 Å². The molecule has 1 saturated carbocycles. The number of carbonyl (C=O) groups is 1. The van der Waals surface area contributed by atoms with Crippen molar-refractivity contribution in [2.24, 2.45) is 18.9 Å². The number of hydrogen-bond donors (Lipinski definition) is 2. The lowest BCUT2D eigenvalue weighted by atomic mass is 9.85. The van der Waals surface area contributed by atoms with Gasteiger partial charge in [0, 0.05) is 55.3 Å². The van der Waals surface area contributed by atoms with Crippen LogP contribution in [0.25, 0.3) is 21.3 Å². The normalized spacial score (nSPS) is 18.4. The molecular formula is C31H32N6O3S. The van der Waals surface area contributed by atoms with Crippen molar-refractivity contribution in [2.75, 3.05) is 6.54 Å². The number of aliphatic carboxylic acids is 1. The zero-order valence-electron chi connectivity index (χ0n) is 23.1. The molecule has 5 heterocycles. The minimum Gasteiger partial charge on any atom is -0.481 e. The number of aromatic nitrogens is 5. The minimum atomic E-state index is -0.860. The summed E-state index contributed by atoms with van der Waals surface area (Å²) in [6.45, 7) is 4.37. The van der Waals surface area contributed by atoms with Crippen LogP contribution in [0.1, 0.15) is 58.7 Å². The number of aryl methyl sites for hydroxylation is 2. The summed E-state index contributed by atoms with van der Waals surface area (Å²) in [5.74, 6) is 0.0714. The van der Waals surface area contributed by atoms with E-state index < -0.39 is 5.97 Å². The molecule has 0 unspecified atom stereocenters. The first-order valence-electron chi connectivity index (χ1n) is 14.1. The minimum absolute atomic E-state index is 0.0501. The van der Waals surface area contributed by atoms with Crippen molar-refractivity contribution >= 4 is 38.6 Å². The van der Waals surface area contributed by atoms with E-state index in [-0.39, 0.29) is 17.9 Å². The molecule has 1 aromatic carbocycles.